The number of aldehydes is 1. The number of hydrogen-bond donors (Lipinski definition) is 0. The largest absolute Gasteiger partial charge is 0.334 e. The van der Waals surface area contributed by atoms with Gasteiger partial charge in [-0.2, -0.15) is 0 Å². The van der Waals surface area contributed by atoms with Gasteiger partial charge in [0.1, 0.15) is 5.69 Å². The zero-order valence-corrected chi connectivity index (χ0v) is 6.94. The molecule has 1 aliphatic carbocycles. The van der Waals surface area contributed by atoms with E-state index in [4.69, 9.17) is 0 Å². The van der Waals surface area contributed by atoms with Gasteiger partial charge in [0.15, 0.2) is 6.29 Å². The normalized spacial score (nSPS) is 18.3. The summed E-state index contributed by atoms with van der Waals surface area (Å²) in [6, 6.07) is 0.589. The lowest BCUT2D eigenvalue weighted by Crippen LogP contribution is -2.00. The third-order valence-electron chi connectivity index (χ3n) is 2.49. The summed E-state index contributed by atoms with van der Waals surface area (Å²) in [5, 5.41) is 0. The smallest absolute Gasteiger partial charge is 0.169 e. The molecule has 0 radical (unpaired) electrons. The average Bonchev–Trinajstić information content (AvgIpc) is 2.75. The van der Waals surface area contributed by atoms with E-state index < -0.39 is 0 Å². The highest BCUT2D eigenvalue weighted by Gasteiger charge is 2.16. The topological polar surface area (TPSA) is 34.9 Å². The minimum atomic E-state index is 0.543. The molecule has 1 aliphatic rings. The first-order chi connectivity index (χ1) is 5.90. The predicted octanol–water partition coefficient (Wildman–Crippen LogP) is 1.81. The van der Waals surface area contributed by atoms with E-state index in [0.717, 1.165) is 6.29 Å². The van der Waals surface area contributed by atoms with E-state index in [-0.39, 0.29) is 0 Å². The summed E-state index contributed by atoms with van der Waals surface area (Å²) in [4.78, 5) is 14.3. The molecule has 1 saturated carbocycles. The van der Waals surface area contributed by atoms with Gasteiger partial charge in [-0.1, -0.05) is 12.8 Å². The Hall–Kier alpha value is -1.12. The van der Waals surface area contributed by atoms with Gasteiger partial charge in [-0.15, -0.1) is 0 Å². The van der Waals surface area contributed by atoms with E-state index in [1.165, 1.54) is 25.7 Å². The first-order valence-electron chi connectivity index (χ1n) is 4.39. The highest BCUT2D eigenvalue weighted by atomic mass is 16.1. The van der Waals surface area contributed by atoms with Crippen molar-refractivity contribution in [3.05, 3.63) is 18.2 Å². The molecule has 0 unspecified atom stereocenters. The van der Waals surface area contributed by atoms with Crippen LogP contribution < -0.4 is 0 Å². The summed E-state index contributed by atoms with van der Waals surface area (Å²) < 4.78 is 2.07. The quantitative estimate of drug-likeness (QED) is 0.625. The Morgan fingerprint density at radius 1 is 1.50 bits per heavy atom. The van der Waals surface area contributed by atoms with Gasteiger partial charge >= 0.3 is 0 Å². The molecule has 1 aromatic heterocycles. The number of imidazole rings is 1. The van der Waals surface area contributed by atoms with Gasteiger partial charge in [0.25, 0.3) is 0 Å². The third-order valence-corrected chi connectivity index (χ3v) is 2.49. The minimum Gasteiger partial charge on any atom is -0.334 e. The van der Waals surface area contributed by atoms with Crippen LogP contribution >= 0.6 is 0 Å². The van der Waals surface area contributed by atoms with Crippen molar-refractivity contribution in [2.75, 3.05) is 0 Å². The van der Waals surface area contributed by atoms with E-state index in [2.05, 4.69) is 9.55 Å². The molecule has 1 aromatic rings. The second kappa shape index (κ2) is 3.09. The van der Waals surface area contributed by atoms with Crippen LogP contribution in [0.2, 0.25) is 0 Å². The Morgan fingerprint density at radius 2 is 2.25 bits per heavy atom. The van der Waals surface area contributed by atoms with Crippen molar-refractivity contribution in [2.45, 2.75) is 31.7 Å². The second-order valence-corrected chi connectivity index (χ2v) is 3.30. The van der Waals surface area contributed by atoms with Crippen molar-refractivity contribution in [1.82, 2.24) is 9.55 Å². The maximum atomic E-state index is 10.4. The standard InChI is InChI=1S/C9H12N2O/c12-6-8-5-11(7-10-8)9-3-1-2-4-9/h5-7,9H,1-4H2. The van der Waals surface area contributed by atoms with Crippen LogP contribution in [-0.2, 0) is 0 Å². The average molecular weight is 164 g/mol. The third kappa shape index (κ3) is 1.26. The SMILES string of the molecule is O=Cc1cn(C2CCCC2)cn1. The van der Waals surface area contributed by atoms with Gasteiger partial charge in [-0.3, -0.25) is 4.79 Å². The summed E-state index contributed by atoms with van der Waals surface area (Å²) in [6.07, 6.45) is 9.47. The fraction of sp³-hybridized carbons (Fsp3) is 0.556. The van der Waals surface area contributed by atoms with Crippen LogP contribution in [-0.4, -0.2) is 15.8 Å². The van der Waals surface area contributed by atoms with Gasteiger partial charge in [0.2, 0.25) is 0 Å². The Labute approximate surface area is 71.4 Å². The maximum Gasteiger partial charge on any atom is 0.169 e. The van der Waals surface area contributed by atoms with Crippen molar-refractivity contribution < 1.29 is 4.79 Å². The van der Waals surface area contributed by atoms with E-state index in [1.54, 1.807) is 6.33 Å². The van der Waals surface area contributed by atoms with E-state index >= 15 is 0 Å². The van der Waals surface area contributed by atoms with Crippen molar-refractivity contribution in [3.8, 4) is 0 Å². The van der Waals surface area contributed by atoms with Crippen molar-refractivity contribution >= 4 is 6.29 Å². The molecule has 64 valence electrons. The molecule has 0 aromatic carbocycles. The Bertz CT molecular complexity index is 274. The van der Waals surface area contributed by atoms with E-state index in [0.29, 0.717) is 11.7 Å². The minimum absolute atomic E-state index is 0.543. The molecule has 2 rings (SSSR count). The Balaban J connectivity index is 2.16. The fourth-order valence-electron chi connectivity index (χ4n) is 1.82. The molecule has 0 N–H and O–H groups in total. The first-order valence-corrected chi connectivity index (χ1v) is 4.39. The summed E-state index contributed by atoms with van der Waals surface area (Å²) in [7, 11) is 0. The van der Waals surface area contributed by atoms with Crippen LogP contribution in [0.1, 0.15) is 42.2 Å². The van der Waals surface area contributed by atoms with Gasteiger partial charge in [-0.25, -0.2) is 4.98 Å². The monoisotopic (exact) mass is 164 g/mol. The predicted molar refractivity (Wildman–Crippen MR) is 45.1 cm³/mol. The zero-order valence-electron chi connectivity index (χ0n) is 6.94. The zero-order chi connectivity index (χ0) is 8.39. The van der Waals surface area contributed by atoms with Crippen LogP contribution in [0.4, 0.5) is 0 Å². The second-order valence-electron chi connectivity index (χ2n) is 3.30. The highest BCUT2D eigenvalue weighted by molar-refractivity contribution is 5.70. The van der Waals surface area contributed by atoms with Gasteiger partial charge in [0, 0.05) is 12.2 Å². The fourth-order valence-corrected chi connectivity index (χ4v) is 1.82. The molecule has 3 heteroatoms. The van der Waals surface area contributed by atoms with Crippen molar-refractivity contribution in [1.29, 1.82) is 0 Å². The molecule has 0 atom stereocenters. The van der Waals surface area contributed by atoms with Gasteiger partial charge < -0.3 is 4.57 Å². The van der Waals surface area contributed by atoms with Gasteiger partial charge in [0.05, 0.1) is 6.33 Å². The molecule has 3 nitrogen and oxygen atoms in total. The molecule has 0 bridgehead atoms. The highest BCUT2D eigenvalue weighted by Crippen LogP contribution is 2.28. The maximum absolute atomic E-state index is 10.4. The molecule has 0 spiro atoms. The summed E-state index contributed by atoms with van der Waals surface area (Å²) in [6.45, 7) is 0. The van der Waals surface area contributed by atoms with E-state index in [1.807, 2.05) is 6.20 Å². The summed E-state index contributed by atoms with van der Waals surface area (Å²) >= 11 is 0. The van der Waals surface area contributed by atoms with Crippen molar-refractivity contribution in [3.63, 3.8) is 0 Å². The molecule has 0 amide bonds. The lowest BCUT2D eigenvalue weighted by molar-refractivity contribution is 0.111. The Kier molecular flexibility index (Phi) is 1.94. The number of carbonyl (C=O) groups is 1. The lowest BCUT2D eigenvalue weighted by atomic mass is 10.2. The molecular formula is C9H12N2O. The van der Waals surface area contributed by atoms with Gasteiger partial charge in [-0.05, 0) is 12.8 Å². The number of hydrogen-bond acceptors (Lipinski definition) is 2. The van der Waals surface area contributed by atoms with Crippen LogP contribution in [0.25, 0.3) is 0 Å². The number of rotatable bonds is 2. The molecule has 12 heavy (non-hydrogen) atoms. The molecule has 0 aliphatic heterocycles. The summed E-state index contributed by atoms with van der Waals surface area (Å²) in [5.41, 5.74) is 0.543. The van der Waals surface area contributed by atoms with Crippen LogP contribution in [0.15, 0.2) is 12.5 Å². The number of aromatic nitrogens is 2. The molecule has 1 heterocycles. The molecule has 0 saturated heterocycles. The Morgan fingerprint density at radius 3 is 2.83 bits per heavy atom. The number of nitrogens with zero attached hydrogens (tertiary/aromatic N) is 2. The molecule has 1 fully saturated rings. The van der Waals surface area contributed by atoms with Crippen LogP contribution in [0.5, 0.6) is 0 Å². The number of carbonyl (C=O) groups excluding carboxylic acids is 1. The van der Waals surface area contributed by atoms with E-state index in [9.17, 15) is 4.79 Å². The summed E-state index contributed by atoms with van der Waals surface area (Å²) in [5.74, 6) is 0. The molecular weight excluding hydrogens is 152 g/mol. The van der Waals surface area contributed by atoms with Crippen molar-refractivity contribution in [2.24, 2.45) is 0 Å². The van der Waals surface area contributed by atoms with Crippen LogP contribution in [0.3, 0.4) is 0 Å². The lowest BCUT2D eigenvalue weighted by Gasteiger charge is -2.08. The first kappa shape index (κ1) is 7.53. The van der Waals surface area contributed by atoms with Crippen LogP contribution in [0, 0.1) is 0 Å².